The summed E-state index contributed by atoms with van der Waals surface area (Å²) in [4.78, 5) is 28.8. The molecule has 1 aromatic heterocycles. The summed E-state index contributed by atoms with van der Waals surface area (Å²) in [6.07, 6.45) is -8.42. The fourth-order valence-corrected chi connectivity index (χ4v) is 3.97. The molecule has 226 valence electrons. The minimum absolute atomic E-state index is 0.0831. The summed E-state index contributed by atoms with van der Waals surface area (Å²) in [5.41, 5.74) is -2.00. The van der Waals surface area contributed by atoms with Crippen molar-refractivity contribution in [3.8, 4) is 5.75 Å². The van der Waals surface area contributed by atoms with Crippen molar-refractivity contribution in [3.63, 3.8) is 0 Å². The molecule has 0 saturated carbocycles. The first-order chi connectivity index (χ1) is 19.7. The van der Waals surface area contributed by atoms with Gasteiger partial charge in [0, 0.05) is 18.7 Å². The number of carbonyl (C=O) groups excluding carboxylic acids is 2. The molecule has 0 bridgehead atoms. The Labute approximate surface area is 240 Å². The van der Waals surface area contributed by atoms with E-state index in [0.717, 1.165) is 18.3 Å². The fourth-order valence-electron chi connectivity index (χ4n) is 3.86. The van der Waals surface area contributed by atoms with Crippen LogP contribution in [0.15, 0.2) is 66.9 Å². The molecular formula is C27H23ClF7N3O4. The number of ether oxygens (including phenoxy) is 2. The van der Waals surface area contributed by atoms with E-state index in [9.17, 15) is 40.3 Å². The Balaban J connectivity index is 2.16. The molecule has 1 heterocycles. The normalized spacial score (nSPS) is 13.3. The molecule has 7 nitrogen and oxygen atoms in total. The molecule has 0 aliphatic rings. The van der Waals surface area contributed by atoms with Crippen LogP contribution in [0.2, 0.25) is 5.02 Å². The molecule has 0 spiro atoms. The molecule has 1 atom stereocenters. The summed E-state index contributed by atoms with van der Waals surface area (Å²) in [6.45, 7) is -0.553. The molecule has 2 aromatic carbocycles. The Morgan fingerprint density at radius 3 is 2.31 bits per heavy atom. The van der Waals surface area contributed by atoms with Crippen LogP contribution in [-0.4, -0.2) is 48.6 Å². The summed E-state index contributed by atoms with van der Waals surface area (Å²) < 4.78 is 105. The van der Waals surface area contributed by atoms with Crippen LogP contribution in [0.25, 0.3) is 0 Å². The second-order valence-electron chi connectivity index (χ2n) is 8.80. The van der Waals surface area contributed by atoms with Crippen molar-refractivity contribution in [3.05, 3.63) is 94.5 Å². The van der Waals surface area contributed by atoms with Crippen molar-refractivity contribution in [1.29, 1.82) is 0 Å². The second kappa shape index (κ2) is 13.3. The first-order valence-electron chi connectivity index (χ1n) is 12.1. The van der Waals surface area contributed by atoms with E-state index in [-0.39, 0.29) is 29.3 Å². The minimum Gasteiger partial charge on any atom is -0.462 e. The fraction of sp³-hybridized carbons (Fsp3) is 0.296. The lowest BCUT2D eigenvalue weighted by molar-refractivity contribution is -0.253. The van der Waals surface area contributed by atoms with Crippen molar-refractivity contribution in [1.82, 2.24) is 15.6 Å². The van der Waals surface area contributed by atoms with E-state index < -0.39 is 54.1 Å². The first kappa shape index (κ1) is 32.4. The van der Waals surface area contributed by atoms with Crippen molar-refractivity contribution in [2.75, 3.05) is 13.2 Å². The maximum absolute atomic E-state index is 14.8. The third-order valence-corrected chi connectivity index (χ3v) is 5.94. The lowest BCUT2D eigenvalue weighted by Crippen LogP contribution is -2.55. The van der Waals surface area contributed by atoms with Gasteiger partial charge in [0.25, 0.3) is 0 Å². The Morgan fingerprint density at radius 2 is 1.71 bits per heavy atom. The van der Waals surface area contributed by atoms with Crippen LogP contribution in [0.3, 0.4) is 0 Å². The van der Waals surface area contributed by atoms with Gasteiger partial charge in [0.1, 0.15) is 17.1 Å². The number of benzene rings is 2. The third-order valence-electron chi connectivity index (χ3n) is 5.72. The summed E-state index contributed by atoms with van der Waals surface area (Å²) in [7, 11) is 0. The zero-order valence-corrected chi connectivity index (χ0v) is 22.4. The van der Waals surface area contributed by atoms with Crippen molar-refractivity contribution in [2.45, 2.75) is 37.3 Å². The Kier molecular flexibility index (Phi) is 10.3. The van der Waals surface area contributed by atoms with Gasteiger partial charge in [-0.15, -0.1) is 0 Å². The van der Waals surface area contributed by atoms with Crippen LogP contribution in [0, 0.1) is 5.82 Å². The van der Waals surface area contributed by atoms with Gasteiger partial charge in [-0.3, -0.25) is 4.98 Å². The van der Waals surface area contributed by atoms with Gasteiger partial charge in [-0.1, -0.05) is 41.9 Å². The number of hydrogen-bond donors (Lipinski definition) is 2. The zero-order valence-electron chi connectivity index (χ0n) is 21.7. The number of alkyl halides is 6. The minimum atomic E-state index is -5.00. The number of urea groups is 1. The number of hydrogen-bond acceptors (Lipinski definition) is 5. The quantitative estimate of drug-likeness (QED) is 0.189. The molecule has 0 unspecified atom stereocenters. The lowest BCUT2D eigenvalue weighted by atomic mass is 9.80. The molecule has 0 radical (unpaired) electrons. The van der Waals surface area contributed by atoms with Crippen LogP contribution in [0.5, 0.6) is 5.75 Å². The molecule has 42 heavy (non-hydrogen) atoms. The Bertz CT molecular complexity index is 1380. The summed E-state index contributed by atoms with van der Waals surface area (Å²) >= 11 is 5.96. The highest BCUT2D eigenvalue weighted by molar-refractivity contribution is 6.30. The van der Waals surface area contributed by atoms with E-state index in [4.69, 9.17) is 11.6 Å². The number of esters is 1. The van der Waals surface area contributed by atoms with E-state index in [1.165, 1.54) is 19.1 Å². The molecule has 15 heteroatoms. The molecule has 2 amide bonds. The van der Waals surface area contributed by atoms with Gasteiger partial charge < -0.3 is 20.1 Å². The lowest BCUT2D eigenvalue weighted by Gasteiger charge is -2.36. The van der Waals surface area contributed by atoms with Crippen LogP contribution in [-0.2, 0) is 21.5 Å². The maximum Gasteiger partial charge on any atom is 0.461 e. The molecule has 2 N–H and O–H groups in total. The number of pyridine rings is 1. The highest BCUT2D eigenvalue weighted by atomic mass is 35.5. The Hall–Kier alpha value is -4.07. The summed E-state index contributed by atoms with van der Waals surface area (Å²) in [6, 6.07) is 11.3. The van der Waals surface area contributed by atoms with Crippen LogP contribution < -0.4 is 15.4 Å². The Morgan fingerprint density at radius 1 is 1.02 bits per heavy atom. The van der Waals surface area contributed by atoms with Crippen LogP contribution >= 0.6 is 11.6 Å². The van der Waals surface area contributed by atoms with E-state index in [1.807, 2.05) is 5.32 Å². The van der Waals surface area contributed by atoms with E-state index in [0.29, 0.717) is 11.6 Å². The van der Waals surface area contributed by atoms with Crippen LogP contribution in [0.4, 0.5) is 35.5 Å². The van der Waals surface area contributed by atoms with Crippen LogP contribution in [0.1, 0.15) is 23.7 Å². The van der Waals surface area contributed by atoms with Crippen molar-refractivity contribution < 1.29 is 49.8 Å². The second-order valence-corrected chi connectivity index (χ2v) is 9.24. The number of nitrogens with one attached hydrogen (secondary N) is 2. The van der Waals surface area contributed by atoms with E-state index >= 15 is 0 Å². The van der Waals surface area contributed by atoms with Gasteiger partial charge >= 0.3 is 30.5 Å². The maximum atomic E-state index is 14.8. The van der Waals surface area contributed by atoms with Crippen molar-refractivity contribution in [2.24, 2.45) is 0 Å². The predicted molar refractivity (Wildman–Crippen MR) is 136 cm³/mol. The van der Waals surface area contributed by atoms with Gasteiger partial charge in [0.05, 0.1) is 23.9 Å². The molecule has 0 aliphatic carbocycles. The van der Waals surface area contributed by atoms with E-state index in [1.54, 1.807) is 30.3 Å². The number of aromatic nitrogens is 1. The average Bonchev–Trinajstić information content (AvgIpc) is 2.92. The molecule has 3 aromatic rings. The smallest absolute Gasteiger partial charge is 0.461 e. The largest absolute Gasteiger partial charge is 0.462 e. The summed E-state index contributed by atoms with van der Waals surface area (Å²) in [5, 5.41) is 4.38. The predicted octanol–water partition coefficient (Wildman–Crippen LogP) is 6.09. The highest BCUT2D eigenvalue weighted by Gasteiger charge is 2.45. The SMILES string of the molecule is CCOC(=O)C(F)(F)CNC(=O)N[C@@](Cc1ccccc1)(c1cc(F)cc(OC(F)(F)C(F)F)c1)c1ccc(Cl)cn1. The molecule has 0 saturated heterocycles. The number of carbonyl (C=O) groups is 2. The highest BCUT2D eigenvalue weighted by Crippen LogP contribution is 2.37. The van der Waals surface area contributed by atoms with E-state index in [2.05, 4.69) is 19.8 Å². The average molecular weight is 622 g/mol. The van der Waals surface area contributed by atoms with Gasteiger partial charge in [-0.25, -0.2) is 14.0 Å². The zero-order chi connectivity index (χ0) is 31.1. The van der Waals surface area contributed by atoms with Gasteiger partial charge in [0.2, 0.25) is 0 Å². The molecule has 0 fully saturated rings. The topological polar surface area (TPSA) is 89.5 Å². The number of nitrogens with zero attached hydrogens (tertiary/aromatic N) is 1. The van der Waals surface area contributed by atoms with Gasteiger partial charge in [0.15, 0.2) is 0 Å². The summed E-state index contributed by atoms with van der Waals surface area (Å²) in [5.74, 6) is -8.28. The molecular weight excluding hydrogens is 599 g/mol. The molecule has 0 aliphatic heterocycles. The molecule has 3 rings (SSSR count). The number of halogens is 8. The van der Waals surface area contributed by atoms with Crippen molar-refractivity contribution >= 4 is 23.6 Å². The van der Waals surface area contributed by atoms with Gasteiger partial charge in [-0.2, -0.15) is 26.3 Å². The standard InChI is InChI=1S/C27H23ClF7N3O4/c1-2-41-23(39)26(32,33)15-37-24(40)38-25(13-16-6-4-3-5-7-16,21-9-8-18(28)14-36-21)17-10-19(29)12-20(11-17)42-27(34,35)22(30)31/h3-12,14,22H,2,13,15H2,1H3,(H2,37,38,40)/t25-/m0/s1. The number of rotatable bonds is 12. The number of amides is 2. The first-order valence-corrected chi connectivity index (χ1v) is 12.5. The van der Waals surface area contributed by atoms with Gasteiger partial charge in [-0.05, 0) is 42.3 Å². The third kappa shape index (κ3) is 8.02. The monoisotopic (exact) mass is 621 g/mol.